The lowest BCUT2D eigenvalue weighted by Gasteiger charge is -2.20. The molecule has 2 aromatic carbocycles. The van der Waals surface area contributed by atoms with Gasteiger partial charge in [0.1, 0.15) is 17.0 Å². The van der Waals surface area contributed by atoms with Crippen LogP contribution in [-0.2, 0) is 20.9 Å². The monoisotopic (exact) mass is 598 g/mol. The molecule has 0 spiro atoms. The predicted molar refractivity (Wildman–Crippen MR) is 139 cm³/mol. The van der Waals surface area contributed by atoms with Gasteiger partial charge in [-0.25, -0.2) is 22.2 Å². The molecule has 2 aromatic heterocycles. The summed E-state index contributed by atoms with van der Waals surface area (Å²) in [5, 5.41) is -0.712. The quantitative estimate of drug-likeness (QED) is 0.185. The normalized spacial score (nSPS) is 12.5. The Kier molecular flexibility index (Phi) is 7.30. The van der Waals surface area contributed by atoms with E-state index in [0.29, 0.717) is 10.0 Å². The van der Waals surface area contributed by atoms with Crippen LogP contribution in [0.3, 0.4) is 0 Å². The Morgan fingerprint density at radius 2 is 1.59 bits per heavy atom. The van der Waals surface area contributed by atoms with E-state index in [2.05, 4.69) is 4.98 Å². The van der Waals surface area contributed by atoms with Crippen LogP contribution in [-0.4, -0.2) is 34.7 Å². The van der Waals surface area contributed by atoms with E-state index >= 15 is 0 Å². The number of carbonyl (C=O) groups excluding carboxylic acids is 2. The average Bonchev–Trinajstić information content (AvgIpc) is 3.22. The Labute approximate surface area is 231 Å². The molecule has 0 amide bonds. The highest BCUT2D eigenvalue weighted by Crippen LogP contribution is 2.35. The number of halogens is 5. The van der Waals surface area contributed by atoms with Gasteiger partial charge in [-0.2, -0.15) is 13.2 Å². The molecular weight excluding hydrogens is 580 g/mol. The lowest BCUT2D eigenvalue weighted by molar-refractivity contribution is -0.141. The minimum absolute atomic E-state index is 0.0682. The maximum absolute atomic E-state index is 13.8. The molecule has 0 aliphatic carbocycles. The van der Waals surface area contributed by atoms with Gasteiger partial charge in [-0.3, -0.25) is 4.79 Å². The molecule has 0 aliphatic heterocycles. The Hall–Kier alpha value is -3.41. The van der Waals surface area contributed by atoms with Crippen LogP contribution in [0.15, 0.2) is 65.6 Å². The van der Waals surface area contributed by atoms with Crippen molar-refractivity contribution < 1.29 is 35.9 Å². The van der Waals surface area contributed by atoms with E-state index < -0.39 is 61.2 Å². The number of ketones is 1. The minimum Gasteiger partial charge on any atom is -0.456 e. The van der Waals surface area contributed by atoms with E-state index in [1.165, 1.54) is 36.4 Å². The summed E-state index contributed by atoms with van der Waals surface area (Å²) >= 11 is 12.7. The molecule has 0 saturated carbocycles. The molecule has 0 aliphatic rings. The third-order valence-electron chi connectivity index (χ3n) is 5.35. The van der Waals surface area contributed by atoms with Crippen LogP contribution < -0.4 is 0 Å². The first kappa shape index (κ1) is 28.6. The van der Waals surface area contributed by atoms with E-state index in [-0.39, 0.29) is 20.9 Å². The van der Waals surface area contributed by atoms with E-state index in [9.17, 15) is 31.2 Å². The fraction of sp³-hybridized carbons (Fsp3) is 0.192. The molecule has 39 heavy (non-hydrogen) atoms. The molecule has 0 bridgehead atoms. The summed E-state index contributed by atoms with van der Waals surface area (Å²) in [5.41, 5.74) is -4.14. The molecule has 0 saturated heterocycles. The van der Waals surface area contributed by atoms with Gasteiger partial charge in [0.25, 0.3) is 10.0 Å². The van der Waals surface area contributed by atoms with Crippen molar-refractivity contribution in [3.8, 4) is 0 Å². The summed E-state index contributed by atoms with van der Waals surface area (Å²) in [5.74, 6) is -1.94. The molecule has 7 nitrogen and oxygen atoms in total. The molecule has 13 heteroatoms. The van der Waals surface area contributed by atoms with Gasteiger partial charge in [0.15, 0.2) is 5.65 Å². The van der Waals surface area contributed by atoms with Crippen LogP contribution in [0.1, 0.15) is 52.9 Å². The summed E-state index contributed by atoms with van der Waals surface area (Å²) in [7, 11) is -4.66. The van der Waals surface area contributed by atoms with Crippen LogP contribution in [0, 0.1) is 0 Å². The fourth-order valence-electron chi connectivity index (χ4n) is 3.69. The largest absolute Gasteiger partial charge is 0.456 e. The van der Waals surface area contributed by atoms with Crippen LogP contribution in [0.5, 0.6) is 0 Å². The van der Waals surface area contributed by atoms with Crippen molar-refractivity contribution in [1.29, 1.82) is 0 Å². The standard InChI is InChI=1S/C26H19Cl2F3N2O5S/c1-25(2,3)38-24(35)16-10-11-17(27)20(21(16)28)22(34)18-13-14-9-12-19(26(29,30)31)32-23(14)33(18)39(36,37)15-7-5-4-6-8-15/h4-13H,1-3H3. The summed E-state index contributed by atoms with van der Waals surface area (Å²) in [6.45, 7) is 4.86. The second kappa shape index (κ2) is 9.96. The number of pyridine rings is 1. The van der Waals surface area contributed by atoms with Gasteiger partial charge in [0.05, 0.1) is 26.1 Å². The maximum atomic E-state index is 13.8. The summed E-state index contributed by atoms with van der Waals surface area (Å²) in [6, 6.07) is 12.0. The molecule has 204 valence electrons. The van der Waals surface area contributed by atoms with E-state index in [1.54, 1.807) is 26.8 Å². The first-order valence-electron chi connectivity index (χ1n) is 11.2. The second-order valence-electron chi connectivity index (χ2n) is 9.33. The predicted octanol–water partition coefficient (Wildman–Crippen LogP) is 6.79. The van der Waals surface area contributed by atoms with Crippen molar-refractivity contribution in [2.24, 2.45) is 0 Å². The number of benzene rings is 2. The van der Waals surface area contributed by atoms with Crippen molar-refractivity contribution in [3.63, 3.8) is 0 Å². The average molecular weight is 599 g/mol. The van der Waals surface area contributed by atoms with Crippen LogP contribution in [0.4, 0.5) is 13.2 Å². The number of alkyl halides is 3. The number of carbonyl (C=O) groups is 2. The Bertz CT molecular complexity index is 1730. The number of hydrogen-bond donors (Lipinski definition) is 0. The van der Waals surface area contributed by atoms with Gasteiger partial charge in [-0.1, -0.05) is 41.4 Å². The van der Waals surface area contributed by atoms with Gasteiger partial charge in [-0.15, -0.1) is 0 Å². The second-order valence-corrected chi connectivity index (χ2v) is 11.9. The number of fused-ring (bicyclic) bond motifs is 1. The molecule has 4 rings (SSSR count). The van der Waals surface area contributed by atoms with Crippen molar-refractivity contribution in [1.82, 2.24) is 8.96 Å². The molecule has 0 radical (unpaired) electrons. The van der Waals surface area contributed by atoms with Gasteiger partial charge in [0.2, 0.25) is 5.78 Å². The van der Waals surface area contributed by atoms with Crippen molar-refractivity contribution >= 4 is 56.0 Å². The fourth-order valence-corrected chi connectivity index (χ4v) is 5.79. The molecule has 0 N–H and O–H groups in total. The van der Waals surface area contributed by atoms with Crippen molar-refractivity contribution in [2.75, 3.05) is 0 Å². The first-order chi connectivity index (χ1) is 18.0. The topological polar surface area (TPSA) is 95.3 Å². The number of esters is 1. The number of rotatable bonds is 5. The van der Waals surface area contributed by atoms with Gasteiger partial charge >= 0.3 is 12.1 Å². The maximum Gasteiger partial charge on any atom is 0.433 e. The van der Waals surface area contributed by atoms with Crippen LogP contribution in [0.2, 0.25) is 10.0 Å². The zero-order valence-electron chi connectivity index (χ0n) is 20.5. The highest BCUT2D eigenvalue weighted by molar-refractivity contribution is 7.90. The minimum atomic E-state index is -4.89. The third-order valence-corrected chi connectivity index (χ3v) is 7.78. The lowest BCUT2D eigenvalue weighted by atomic mass is 10.0. The summed E-state index contributed by atoms with van der Waals surface area (Å²) in [4.78, 5) is 29.8. The molecule has 4 aromatic rings. The first-order valence-corrected chi connectivity index (χ1v) is 13.4. The van der Waals surface area contributed by atoms with Gasteiger partial charge < -0.3 is 4.74 Å². The molecule has 2 heterocycles. The van der Waals surface area contributed by atoms with Crippen molar-refractivity contribution in [2.45, 2.75) is 37.4 Å². The smallest absolute Gasteiger partial charge is 0.433 e. The zero-order chi connectivity index (χ0) is 28.9. The van der Waals surface area contributed by atoms with Crippen LogP contribution >= 0.6 is 23.2 Å². The summed E-state index contributed by atoms with van der Waals surface area (Å²) < 4.78 is 73.5. The van der Waals surface area contributed by atoms with Crippen molar-refractivity contribution in [3.05, 3.63) is 93.2 Å². The van der Waals surface area contributed by atoms with E-state index in [4.69, 9.17) is 27.9 Å². The number of ether oxygens (including phenoxy) is 1. The Morgan fingerprint density at radius 1 is 0.949 bits per heavy atom. The molecule has 0 atom stereocenters. The highest BCUT2D eigenvalue weighted by atomic mass is 35.5. The van der Waals surface area contributed by atoms with Gasteiger partial charge in [0, 0.05) is 5.39 Å². The Balaban J connectivity index is 2.00. The van der Waals surface area contributed by atoms with E-state index in [1.807, 2.05) is 0 Å². The zero-order valence-corrected chi connectivity index (χ0v) is 22.8. The molecule has 0 unspecified atom stereocenters. The Morgan fingerprint density at radius 3 is 2.18 bits per heavy atom. The third kappa shape index (κ3) is 5.52. The lowest BCUT2D eigenvalue weighted by Crippen LogP contribution is -2.24. The van der Waals surface area contributed by atoms with Gasteiger partial charge in [-0.05, 0) is 63.2 Å². The van der Waals surface area contributed by atoms with E-state index in [0.717, 1.165) is 12.1 Å². The summed E-state index contributed by atoms with van der Waals surface area (Å²) in [6.07, 6.45) is -4.89. The SMILES string of the molecule is CC(C)(C)OC(=O)c1ccc(Cl)c(C(=O)c2cc3ccc(C(F)(F)F)nc3n2S(=O)(=O)c2ccccc2)c1Cl. The van der Waals surface area contributed by atoms with Crippen LogP contribution in [0.25, 0.3) is 11.0 Å². The highest BCUT2D eigenvalue weighted by Gasteiger charge is 2.36. The number of nitrogens with zero attached hydrogens (tertiary/aromatic N) is 2. The molecule has 0 fully saturated rings. The number of aromatic nitrogens is 2. The molecular formula is C26H19Cl2F3N2O5S. The number of hydrogen-bond acceptors (Lipinski definition) is 6.